The number of rotatable bonds is 5. The summed E-state index contributed by atoms with van der Waals surface area (Å²) in [7, 11) is 1.71. The van der Waals surface area contributed by atoms with Crippen LogP contribution in [0.1, 0.15) is 12.0 Å². The molecule has 0 aliphatic carbocycles. The van der Waals surface area contributed by atoms with E-state index in [9.17, 15) is 18.0 Å². The smallest absolute Gasteiger partial charge is 0.345 e. The van der Waals surface area contributed by atoms with Crippen LogP contribution < -0.4 is 10.6 Å². The van der Waals surface area contributed by atoms with Crippen molar-refractivity contribution in [2.45, 2.75) is 26.1 Å². The average Bonchev–Trinajstić information content (AvgIpc) is 3.22. The Balaban J connectivity index is 1.57. The molecule has 2 aromatic heterocycles. The zero-order valence-corrected chi connectivity index (χ0v) is 17.4. The summed E-state index contributed by atoms with van der Waals surface area (Å²) in [6, 6.07) is 4.10. The Kier molecular flexibility index (Phi) is 6.08. The highest BCUT2D eigenvalue weighted by Gasteiger charge is 2.29. The molecule has 0 bridgehead atoms. The van der Waals surface area contributed by atoms with Gasteiger partial charge < -0.3 is 20.3 Å². The number of alkyl halides is 2. The largest absolute Gasteiger partial charge is 0.357 e. The summed E-state index contributed by atoms with van der Waals surface area (Å²) in [5, 5.41) is 6.09. The number of aryl methyl sites for hydroxylation is 1. The SMILES string of the molecule is CNc1ncc2cc(-c3cc(NC(=O)N4CC[C@H](OC(F)F)C4)c(F)cc3C)cnc2n1. The van der Waals surface area contributed by atoms with Gasteiger partial charge in [-0.3, -0.25) is 0 Å². The Labute approximate surface area is 181 Å². The van der Waals surface area contributed by atoms with E-state index in [1.807, 2.05) is 6.07 Å². The highest BCUT2D eigenvalue weighted by atomic mass is 19.3. The van der Waals surface area contributed by atoms with Crippen LogP contribution in [-0.2, 0) is 4.74 Å². The van der Waals surface area contributed by atoms with Crippen LogP contribution in [0.25, 0.3) is 22.2 Å². The molecule has 4 rings (SSSR count). The van der Waals surface area contributed by atoms with E-state index in [1.165, 1.54) is 17.0 Å². The molecule has 1 fully saturated rings. The fraction of sp³-hybridized carbons (Fsp3) is 0.333. The quantitative estimate of drug-likeness (QED) is 0.615. The minimum atomic E-state index is -2.90. The van der Waals surface area contributed by atoms with Crippen molar-refractivity contribution in [2.24, 2.45) is 0 Å². The molecule has 0 radical (unpaired) electrons. The lowest BCUT2D eigenvalue weighted by Crippen LogP contribution is -2.34. The standard InChI is InChI=1S/C21H21F3N6O2/c1-11-5-16(22)17(28-21(31)30-4-3-14(10-30)32-19(23)24)7-15(11)12-6-13-9-27-20(25-2)29-18(13)26-8-12/h5-9,14,19H,3-4,10H2,1-2H3,(H,28,31)(H,25,26,27,29)/t14-/m0/s1. The van der Waals surface area contributed by atoms with Crippen molar-refractivity contribution in [2.75, 3.05) is 30.8 Å². The summed E-state index contributed by atoms with van der Waals surface area (Å²) in [6.07, 6.45) is 2.80. The van der Waals surface area contributed by atoms with E-state index in [-0.39, 0.29) is 18.8 Å². The molecule has 8 nitrogen and oxygen atoms in total. The van der Waals surface area contributed by atoms with Crippen LogP contribution in [0.3, 0.4) is 0 Å². The van der Waals surface area contributed by atoms with Crippen molar-refractivity contribution in [3.8, 4) is 11.1 Å². The topological polar surface area (TPSA) is 92.3 Å². The second-order valence-electron chi connectivity index (χ2n) is 7.41. The second kappa shape index (κ2) is 8.95. The van der Waals surface area contributed by atoms with Crippen molar-refractivity contribution >= 4 is 28.7 Å². The van der Waals surface area contributed by atoms with Gasteiger partial charge in [0.2, 0.25) is 5.95 Å². The number of pyridine rings is 1. The van der Waals surface area contributed by atoms with Crippen molar-refractivity contribution in [3.05, 3.63) is 42.0 Å². The first-order chi connectivity index (χ1) is 15.3. The molecule has 1 aliphatic heterocycles. The van der Waals surface area contributed by atoms with Gasteiger partial charge in [0.15, 0.2) is 5.65 Å². The van der Waals surface area contributed by atoms with Crippen LogP contribution in [0.5, 0.6) is 0 Å². The summed E-state index contributed by atoms with van der Waals surface area (Å²) < 4.78 is 43.8. The number of benzene rings is 1. The number of aromatic nitrogens is 3. The van der Waals surface area contributed by atoms with E-state index in [4.69, 9.17) is 0 Å². The van der Waals surface area contributed by atoms with Crippen LogP contribution >= 0.6 is 0 Å². The Morgan fingerprint density at radius 2 is 2.06 bits per heavy atom. The molecule has 0 spiro atoms. The number of hydrogen-bond donors (Lipinski definition) is 2. The lowest BCUT2D eigenvalue weighted by atomic mass is 10.0. The number of ether oxygens (including phenoxy) is 1. The van der Waals surface area contributed by atoms with E-state index in [0.29, 0.717) is 40.1 Å². The molecule has 0 saturated carbocycles. The van der Waals surface area contributed by atoms with E-state index in [2.05, 4.69) is 30.3 Å². The van der Waals surface area contributed by atoms with Crippen molar-refractivity contribution < 1.29 is 22.7 Å². The van der Waals surface area contributed by atoms with Gasteiger partial charge in [0.25, 0.3) is 0 Å². The molecule has 168 valence electrons. The lowest BCUT2D eigenvalue weighted by molar-refractivity contribution is -0.158. The monoisotopic (exact) mass is 446 g/mol. The van der Waals surface area contributed by atoms with Crippen LogP contribution in [0, 0.1) is 12.7 Å². The number of carbonyl (C=O) groups excluding carboxylic acids is 1. The molecular formula is C21H21F3N6O2. The van der Waals surface area contributed by atoms with E-state index >= 15 is 0 Å². The highest BCUT2D eigenvalue weighted by Crippen LogP contribution is 2.30. The first-order valence-corrected chi connectivity index (χ1v) is 9.94. The van der Waals surface area contributed by atoms with Gasteiger partial charge in [-0.1, -0.05) is 0 Å². The van der Waals surface area contributed by atoms with Gasteiger partial charge >= 0.3 is 12.6 Å². The molecule has 1 atom stereocenters. The number of nitrogens with zero attached hydrogens (tertiary/aromatic N) is 4. The molecule has 1 aliphatic rings. The zero-order valence-electron chi connectivity index (χ0n) is 17.4. The van der Waals surface area contributed by atoms with Crippen molar-refractivity contribution in [1.82, 2.24) is 19.9 Å². The number of amides is 2. The zero-order chi connectivity index (χ0) is 22.8. The predicted molar refractivity (Wildman–Crippen MR) is 113 cm³/mol. The maximum Gasteiger partial charge on any atom is 0.345 e. The van der Waals surface area contributed by atoms with Crippen molar-refractivity contribution in [3.63, 3.8) is 0 Å². The number of anilines is 2. The van der Waals surface area contributed by atoms with Crippen LogP contribution in [0.2, 0.25) is 0 Å². The molecule has 0 unspecified atom stereocenters. The number of halogens is 3. The summed E-state index contributed by atoms with van der Waals surface area (Å²) in [5.41, 5.74) is 2.53. The number of urea groups is 1. The number of likely N-dealkylation sites (tertiary alicyclic amines) is 1. The third-order valence-corrected chi connectivity index (χ3v) is 5.25. The van der Waals surface area contributed by atoms with Gasteiger partial charge in [-0.25, -0.2) is 19.2 Å². The highest BCUT2D eigenvalue weighted by molar-refractivity contribution is 5.91. The molecule has 2 N–H and O–H groups in total. The minimum Gasteiger partial charge on any atom is -0.357 e. The Morgan fingerprint density at radius 1 is 1.25 bits per heavy atom. The summed E-state index contributed by atoms with van der Waals surface area (Å²) in [6.45, 7) is -0.889. The predicted octanol–water partition coefficient (Wildman–Crippen LogP) is 4.03. The summed E-state index contributed by atoms with van der Waals surface area (Å²) >= 11 is 0. The van der Waals surface area contributed by atoms with Gasteiger partial charge in [-0.15, -0.1) is 0 Å². The second-order valence-corrected chi connectivity index (χ2v) is 7.41. The lowest BCUT2D eigenvalue weighted by Gasteiger charge is -2.18. The number of carbonyl (C=O) groups is 1. The van der Waals surface area contributed by atoms with Crippen LogP contribution in [0.15, 0.2) is 30.6 Å². The maximum atomic E-state index is 14.6. The molecule has 1 aromatic carbocycles. The molecule has 11 heteroatoms. The Hall–Kier alpha value is -3.47. The molecule has 3 heterocycles. The first kappa shape index (κ1) is 21.8. The van der Waals surface area contributed by atoms with Gasteiger partial charge in [0.05, 0.1) is 11.8 Å². The fourth-order valence-electron chi connectivity index (χ4n) is 3.63. The average molecular weight is 446 g/mol. The van der Waals surface area contributed by atoms with Crippen molar-refractivity contribution in [1.29, 1.82) is 0 Å². The van der Waals surface area contributed by atoms with Crippen LogP contribution in [0.4, 0.5) is 29.6 Å². The Morgan fingerprint density at radius 3 is 2.81 bits per heavy atom. The first-order valence-electron chi connectivity index (χ1n) is 9.94. The normalized spacial score (nSPS) is 16.1. The van der Waals surface area contributed by atoms with Gasteiger partial charge in [0, 0.05) is 43.5 Å². The van der Waals surface area contributed by atoms with Crippen LogP contribution in [-0.4, -0.2) is 58.7 Å². The van der Waals surface area contributed by atoms with Gasteiger partial charge in [0.1, 0.15) is 5.82 Å². The van der Waals surface area contributed by atoms with Gasteiger partial charge in [-0.05, 0) is 42.7 Å². The molecule has 1 saturated heterocycles. The number of nitrogens with one attached hydrogen (secondary N) is 2. The number of hydrogen-bond acceptors (Lipinski definition) is 6. The fourth-order valence-corrected chi connectivity index (χ4v) is 3.63. The third-order valence-electron chi connectivity index (χ3n) is 5.25. The summed E-state index contributed by atoms with van der Waals surface area (Å²) in [5.74, 6) is -0.154. The molecule has 2 amide bonds. The molecular weight excluding hydrogens is 425 g/mol. The van der Waals surface area contributed by atoms with Gasteiger partial charge in [-0.2, -0.15) is 13.8 Å². The van der Waals surface area contributed by atoms with E-state index in [0.717, 1.165) is 0 Å². The molecule has 32 heavy (non-hydrogen) atoms. The Bertz CT molecular complexity index is 1160. The minimum absolute atomic E-state index is 0.0136. The summed E-state index contributed by atoms with van der Waals surface area (Å²) in [4.78, 5) is 26.7. The number of fused-ring (bicyclic) bond motifs is 1. The third kappa shape index (κ3) is 4.57. The maximum absolute atomic E-state index is 14.6. The molecule has 3 aromatic rings. The van der Waals surface area contributed by atoms with E-state index in [1.54, 1.807) is 26.4 Å². The van der Waals surface area contributed by atoms with E-state index < -0.39 is 24.6 Å².